The molecule has 4 amide bonds. The van der Waals surface area contributed by atoms with Gasteiger partial charge < -0.3 is 62.5 Å². The molecule has 12 aromatic rings. The minimum absolute atomic E-state index is 0. The molecule has 12 radical (unpaired) electrons. The number of H-pyrrole nitrogens is 4. The van der Waals surface area contributed by atoms with Crippen molar-refractivity contribution >= 4 is 137 Å². The fourth-order valence-electron chi connectivity index (χ4n) is 12.1. The van der Waals surface area contributed by atoms with Gasteiger partial charge in [0.2, 0.25) is 0 Å². The average Bonchev–Trinajstić information content (AvgIpc) is 0.840. The smallest absolute Gasteiger partial charge is 0.279 e. The topological polar surface area (TPSA) is 595 Å². The summed E-state index contributed by atoms with van der Waals surface area (Å²) in [5.41, 5.74) is 4.89. The number of nitrogens with zero attached hydrogens (tertiary/aromatic N) is 16. The predicted molar refractivity (Wildman–Crippen MR) is 472 cm³/mol. The van der Waals surface area contributed by atoms with Crippen LogP contribution in [0.2, 0.25) is 0 Å². The third kappa shape index (κ3) is 47.2. The fraction of sp³-hybridized carbons (Fsp3) is 0.318. The molecule has 8 N–H and O–H groups in total. The molecule has 8 heterocycles. The maximum absolute atomic E-state index is 14.2. The number of aryl methyl sites for hydroxylation is 4. The number of amides is 4. The van der Waals surface area contributed by atoms with Gasteiger partial charge in [-0.2, -0.15) is 0 Å². The van der Waals surface area contributed by atoms with E-state index in [1.165, 1.54) is 101 Å². The van der Waals surface area contributed by atoms with Gasteiger partial charge in [0.05, 0.1) is 12.1 Å². The van der Waals surface area contributed by atoms with Crippen molar-refractivity contribution in [1.82, 2.24) is 101 Å². The van der Waals surface area contributed by atoms with Gasteiger partial charge in [-0.05, 0) is 83.1 Å². The summed E-state index contributed by atoms with van der Waals surface area (Å²) in [7, 11) is 0. The Hall–Kier alpha value is -2.83. The Bertz CT molecular complexity index is 6270. The molecule has 8 aromatic heterocycles. The normalized spacial score (nSPS) is 11.7. The molecule has 0 saturated carbocycles. The number of carbonyl (C=O) groups is 12. The molecule has 0 saturated heterocycles. The van der Waals surface area contributed by atoms with E-state index in [9.17, 15) is 94.3 Å². The van der Waals surface area contributed by atoms with Crippen molar-refractivity contribution in [3.05, 3.63) is 253 Å². The van der Waals surface area contributed by atoms with Crippen LogP contribution in [0.4, 0.5) is 40.3 Å². The van der Waals surface area contributed by atoms with E-state index in [1.54, 1.807) is 76.2 Å². The van der Waals surface area contributed by atoms with Crippen LogP contribution in [-0.2, 0) is 457 Å². The van der Waals surface area contributed by atoms with Crippen molar-refractivity contribution in [3.8, 4) is 0 Å². The Morgan fingerprint density at radius 3 is 0.674 bits per heavy atom. The van der Waals surface area contributed by atoms with Gasteiger partial charge >= 0.3 is 0 Å². The molecule has 56 heteroatoms. The van der Waals surface area contributed by atoms with Crippen LogP contribution in [0.5, 0.6) is 0 Å². The Morgan fingerprint density at radius 1 is 0.292 bits per heavy atom. The van der Waals surface area contributed by atoms with E-state index in [-0.39, 0.29) is 508 Å². The SMILES string of the molecule is CC(=O)C([18F])C[C@@H](NC(=O)c1ccc([N-]Cc2cnc3nc(C)[nH]c(=O)c3n2)cc1)C(C)=O.CC(=O)C([18F])C[C@H](NC(=O)c1ccc([N-]Cc2cnc3nc(C)[nH]c(=O)c3n2)cc1)C(C)=O.CC(=O)CC([18F])[C@@H](NC(=O)c1ccc([N-]Cc2cnc3nc(C)[nH]c(=O)c3n2)cc1)C(C)=O.CC(=O)CC([18F])[C@H](NC(=O)c1ccc([N-]Cc2cnc3nc(C)[nH]c(=O)c3n2)cc1)C(C)=O.[Y].[Y].[Y].[Y].[Y].[Y].[Y].[Y].[Y].[Y].[Y].[Y]. The Balaban J connectivity index is -0.000000883. The molecule has 0 aliphatic carbocycles. The van der Waals surface area contributed by atoms with E-state index in [2.05, 4.69) is 122 Å². The number of aromatic nitrogens is 16. The standard InChI is InChI=1S/4C22H23FN6O4.12Y/c2*1-11(30)17(23)8-18(12(2)31)29-21(32)14-4-6-15(7-5-14)24-9-16-10-25-20-19(28-16)22(33)27-13(3)26-20;2*1-11(30)8-17(23)18(12(2)31)29-21(32)14-4-6-15(7-5-14)24-9-16-10-25-20-19(28-16)22(33)27-13(3)26-20;;;;;;;;;;;;/h4*4-7,10,17-18H,8-9H2,1-3H3,(H3,24,25,26,27,29,32,33);;;;;;;;;;;;/p-4/t4*17?,18-;;;;;;;;;;;;/m1010............/s1/i4*23-1;;;;;;;;;;;;. The molecule has 0 spiro atoms. The molecule has 0 aliphatic heterocycles. The Kier molecular flexibility index (Phi) is 74.5. The minimum atomic E-state index is -1.83. The number of hydrogen-bond donors (Lipinski definition) is 8. The summed E-state index contributed by atoms with van der Waals surface area (Å²) in [6.07, 6.45) is -3.04. The third-order valence-corrected chi connectivity index (χ3v) is 19.1. The maximum atomic E-state index is 14.2. The number of hydrogen-bond acceptors (Lipinski definition) is 28. The molecule has 4 unspecified atom stereocenters. The van der Waals surface area contributed by atoms with Crippen molar-refractivity contribution in [2.24, 2.45) is 0 Å². The first kappa shape index (κ1) is 147. The van der Waals surface area contributed by atoms with Gasteiger partial charge in [0.1, 0.15) is 59.3 Å². The first-order chi connectivity index (χ1) is 62.5. The number of fused-ring (bicyclic) bond motifs is 4. The van der Waals surface area contributed by atoms with E-state index in [0.717, 1.165) is 27.7 Å². The summed E-state index contributed by atoms with van der Waals surface area (Å²) in [4.78, 5) is 249. The molecule has 0 fully saturated rings. The molecule has 0 bridgehead atoms. The third-order valence-electron chi connectivity index (χ3n) is 19.1. The van der Waals surface area contributed by atoms with Crippen LogP contribution >= 0.6 is 0 Å². The first-order valence-electron chi connectivity index (χ1n) is 40.4. The molecular weight excluding hydrogens is 2790 g/mol. The molecule has 0 aliphatic rings. The molecule has 12 rings (SSSR count). The monoisotopic (exact) mass is 2880 g/mol. The number of benzene rings is 4. The molecule has 8 atom stereocenters. The number of halogens is 4. The van der Waals surface area contributed by atoms with Crippen molar-refractivity contribution in [3.63, 3.8) is 0 Å². The number of Topliss-reactive ketones (excluding diaryl/α,β-unsaturated/α-hetero) is 8. The van der Waals surface area contributed by atoms with Gasteiger partial charge in [-0.1, -0.05) is 123 Å². The fourth-order valence-corrected chi connectivity index (χ4v) is 12.1. The molecule has 4 aromatic carbocycles. The van der Waals surface area contributed by atoms with Crippen LogP contribution in [0.1, 0.15) is 169 Å². The van der Waals surface area contributed by atoms with Crippen LogP contribution in [0.25, 0.3) is 65.9 Å². The van der Waals surface area contributed by atoms with Crippen LogP contribution in [0, 0.1) is 27.7 Å². The van der Waals surface area contributed by atoms with Gasteiger partial charge in [0.25, 0.3) is 45.9 Å². The zero-order valence-electron chi connectivity index (χ0n) is 80.0. The van der Waals surface area contributed by atoms with Crippen LogP contribution < -0.4 is 43.5 Å². The summed E-state index contributed by atoms with van der Waals surface area (Å²) in [6.45, 7) is 16.5. The van der Waals surface area contributed by atoms with Crippen molar-refractivity contribution in [1.29, 1.82) is 0 Å². The Labute approximate surface area is 1120 Å². The largest absolute Gasteiger partial charge is 0.679 e. The average molecular weight is 2880 g/mol. The van der Waals surface area contributed by atoms with E-state index in [4.69, 9.17) is 0 Å². The van der Waals surface area contributed by atoms with Crippen LogP contribution in [0.15, 0.2) is 141 Å². The number of ketones is 8. The number of carbonyl (C=O) groups excluding carboxylic acids is 12. The van der Waals surface area contributed by atoms with Gasteiger partial charge in [-0.15, -0.1) is 22.7 Å². The van der Waals surface area contributed by atoms with Crippen LogP contribution in [-0.4, -0.2) is 198 Å². The van der Waals surface area contributed by atoms with Gasteiger partial charge in [0, 0.05) is 488 Å². The number of alkyl halides is 4. The summed E-state index contributed by atoms with van der Waals surface area (Å²) < 4.78 is 55.8. The maximum Gasteiger partial charge on any atom is 0.279 e. The van der Waals surface area contributed by atoms with E-state index < -0.39 is 144 Å². The van der Waals surface area contributed by atoms with E-state index >= 15 is 0 Å². The zero-order chi connectivity index (χ0) is 96.5. The minimum Gasteiger partial charge on any atom is -0.679 e. The van der Waals surface area contributed by atoms with Gasteiger partial charge in [-0.25, -0.2) is 77.4 Å². The first-order valence-corrected chi connectivity index (χ1v) is 40.4. The quantitative estimate of drug-likeness (QED) is 0.0170. The van der Waals surface area contributed by atoms with Gasteiger partial charge in [0.15, 0.2) is 91.7 Å². The molecule has 724 valence electrons. The van der Waals surface area contributed by atoms with Crippen molar-refractivity contribution in [2.75, 3.05) is 0 Å². The zero-order valence-corrected chi connectivity index (χ0v) is 114. The predicted octanol–water partition coefficient (Wildman–Crippen LogP) is 8.90. The second kappa shape index (κ2) is 72.8. The number of aromatic amines is 4. The summed E-state index contributed by atoms with van der Waals surface area (Å²) in [6, 6.07) is 19.6. The number of nitrogens with one attached hydrogen (secondary N) is 8. The summed E-state index contributed by atoms with van der Waals surface area (Å²) in [5, 5.41) is 27.1. The molecule has 144 heavy (non-hydrogen) atoms. The van der Waals surface area contributed by atoms with Crippen molar-refractivity contribution in [2.45, 2.75) is 184 Å². The van der Waals surface area contributed by atoms with E-state index in [0.29, 0.717) is 68.8 Å². The number of rotatable bonds is 36. The Morgan fingerprint density at radius 2 is 0.493 bits per heavy atom. The summed E-state index contributed by atoms with van der Waals surface area (Å²) >= 11 is 0. The molecular formula is C88H88F4N24O16Y12-4. The second-order valence-electron chi connectivity index (χ2n) is 30.1. The molecule has 40 nitrogen and oxygen atoms in total. The van der Waals surface area contributed by atoms with E-state index in [1.807, 2.05) is 0 Å². The van der Waals surface area contributed by atoms with Crippen LogP contribution in [0.3, 0.4) is 0 Å². The van der Waals surface area contributed by atoms with Gasteiger partial charge in [-0.3, -0.25) is 76.7 Å². The summed E-state index contributed by atoms with van der Waals surface area (Å²) in [5.74, 6) is -4.93. The van der Waals surface area contributed by atoms with Crippen molar-refractivity contribution < 1.29 is 468 Å². The second-order valence-corrected chi connectivity index (χ2v) is 30.1.